The van der Waals surface area contributed by atoms with Gasteiger partial charge < -0.3 is 15.4 Å². The summed E-state index contributed by atoms with van der Waals surface area (Å²) >= 11 is 2.24. The highest BCUT2D eigenvalue weighted by Gasteiger charge is 2.25. The molecule has 1 aromatic carbocycles. The highest BCUT2D eigenvalue weighted by molar-refractivity contribution is 14.1. The Bertz CT molecular complexity index is 422. The number of likely N-dealkylation sites (tertiary alicyclic amines) is 1. The molecule has 5 heteroatoms. The standard InChI is InChI=1S/C14H19IN2O2/c15-11-4-6-13(7-5-11)19-10-14(18)17-8-2-1-3-12(17)9-16/h4-7,12H,1-3,8-10,16H2. The van der Waals surface area contributed by atoms with Gasteiger partial charge in [-0.3, -0.25) is 4.79 Å². The summed E-state index contributed by atoms with van der Waals surface area (Å²) < 4.78 is 6.68. The highest BCUT2D eigenvalue weighted by atomic mass is 127. The Kier molecular flexibility index (Phi) is 5.45. The van der Waals surface area contributed by atoms with Crippen molar-refractivity contribution >= 4 is 28.5 Å². The van der Waals surface area contributed by atoms with Crippen LogP contribution in [0.25, 0.3) is 0 Å². The van der Waals surface area contributed by atoms with E-state index in [1.165, 1.54) is 0 Å². The number of carbonyl (C=O) groups is 1. The van der Waals surface area contributed by atoms with E-state index in [-0.39, 0.29) is 18.6 Å². The minimum atomic E-state index is 0.0358. The number of hydrogen-bond acceptors (Lipinski definition) is 3. The van der Waals surface area contributed by atoms with Crippen molar-refractivity contribution in [2.24, 2.45) is 5.73 Å². The third kappa shape index (κ3) is 4.07. The molecule has 1 amide bonds. The van der Waals surface area contributed by atoms with Gasteiger partial charge in [-0.05, 0) is 66.1 Å². The number of piperidine rings is 1. The number of rotatable bonds is 4. The molecule has 104 valence electrons. The third-order valence-electron chi connectivity index (χ3n) is 3.40. The van der Waals surface area contributed by atoms with Gasteiger partial charge in [0, 0.05) is 22.7 Å². The zero-order valence-corrected chi connectivity index (χ0v) is 13.0. The topological polar surface area (TPSA) is 55.6 Å². The van der Waals surface area contributed by atoms with E-state index in [9.17, 15) is 4.79 Å². The fourth-order valence-electron chi connectivity index (χ4n) is 2.33. The molecular formula is C14H19IN2O2. The molecule has 2 N–H and O–H groups in total. The van der Waals surface area contributed by atoms with Gasteiger partial charge >= 0.3 is 0 Å². The van der Waals surface area contributed by atoms with Crippen molar-refractivity contribution in [2.75, 3.05) is 19.7 Å². The third-order valence-corrected chi connectivity index (χ3v) is 4.11. The lowest BCUT2D eigenvalue weighted by Crippen LogP contribution is -2.49. The molecule has 0 spiro atoms. The Balaban J connectivity index is 1.87. The first-order valence-corrected chi connectivity index (χ1v) is 7.66. The number of halogens is 1. The van der Waals surface area contributed by atoms with Gasteiger partial charge in [0.2, 0.25) is 0 Å². The predicted octanol–water partition coefficient (Wildman–Crippen LogP) is 2.01. The molecule has 0 aromatic heterocycles. The average Bonchev–Trinajstić information content (AvgIpc) is 2.46. The summed E-state index contributed by atoms with van der Waals surface area (Å²) in [6, 6.07) is 7.87. The van der Waals surface area contributed by atoms with E-state index in [1.807, 2.05) is 29.2 Å². The normalized spacial score (nSPS) is 19.3. The quantitative estimate of drug-likeness (QED) is 0.821. The summed E-state index contributed by atoms with van der Waals surface area (Å²) in [5.41, 5.74) is 5.72. The summed E-state index contributed by atoms with van der Waals surface area (Å²) in [5, 5.41) is 0. The van der Waals surface area contributed by atoms with E-state index in [4.69, 9.17) is 10.5 Å². The Morgan fingerprint density at radius 1 is 1.37 bits per heavy atom. The molecule has 1 aliphatic rings. The number of hydrogen-bond donors (Lipinski definition) is 1. The van der Waals surface area contributed by atoms with Crippen molar-refractivity contribution < 1.29 is 9.53 Å². The van der Waals surface area contributed by atoms with Gasteiger partial charge in [-0.15, -0.1) is 0 Å². The number of nitrogens with two attached hydrogens (primary N) is 1. The van der Waals surface area contributed by atoms with Gasteiger partial charge in [-0.1, -0.05) is 0 Å². The lowest BCUT2D eigenvalue weighted by molar-refractivity contribution is -0.136. The fourth-order valence-corrected chi connectivity index (χ4v) is 2.69. The van der Waals surface area contributed by atoms with E-state index in [0.717, 1.165) is 35.1 Å². The van der Waals surface area contributed by atoms with Crippen LogP contribution in [-0.4, -0.2) is 36.5 Å². The van der Waals surface area contributed by atoms with Crippen LogP contribution >= 0.6 is 22.6 Å². The van der Waals surface area contributed by atoms with Crippen molar-refractivity contribution in [3.8, 4) is 5.75 Å². The lowest BCUT2D eigenvalue weighted by atomic mass is 10.0. The molecule has 1 unspecified atom stereocenters. The largest absolute Gasteiger partial charge is 0.484 e. The van der Waals surface area contributed by atoms with Gasteiger partial charge in [0.15, 0.2) is 6.61 Å². The first kappa shape index (κ1) is 14.6. The molecule has 1 heterocycles. The second-order valence-corrected chi connectivity index (χ2v) is 5.96. The van der Waals surface area contributed by atoms with Crippen LogP contribution < -0.4 is 10.5 Å². The minimum Gasteiger partial charge on any atom is -0.484 e. The van der Waals surface area contributed by atoms with Crippen LogP contribution in [0.5, 0.6) is 5.75 Å². The van der Waals surface area contributed by atoms with E-state index in [2.05, 4.69) is 22.6 Å². The monoisotopic (exact) mass is 374 g/mol. The summed E-state index contributed by atoms with van der Waals surface area (Å²) in [4.78, 5) is 14.0. The molecular weight excluding hydrogens is 355 g/mol. The van der Waals surface area contributed by atoms with E-state index in [1.54, 1.807) is 0 Å². The molecule has 2 rings (SSSR count). The van der Waals surface area contributed by atoms with Crippen LogP contribution in [0.15, 0.2) is 24.3 Å². The number of nitrogens with zero attached hydrogens (tertiary/aromatic N) is 1. The van der Waals surface area contributed by atoms with Crippen LogP contribution in [0.2, 0.25) is 0 Å². The van der Waals surface area contributed by atoms with Gasteiger partial charge in [0.05, 0.1) is 0 Å². The molecule has 1 saturated heterocycles. The molecule has 1 aliphatic heterocycles. The van der Waals surface area contributed by atoms with Gasteiger partial charge in [-0.2, -0.15) is 0 Å². The highest BCUT2D eigenvalue weighted by Crippen LogP contribution is 2.17. The van der Waals surface area contributed by atoms with Crippen LogP contribution in [0.4, 0.5) is 0 Å². The van der Waals surface area contributed by atoms with Crippen molar-refractivity contribution in [1.29, 1.82) is 0 Å². The average molecular weight is 374 g/mol. The summed E-state index contributed by atoms with van der Waals surface area (Å²) in [5.74, 6) is 0.767. The number of amides is 1. The molecule has 19 heavy (non-hydrogen) atoms. The van der Waals surface area contributed by atoms with Crippen molar-refractivity contribution in [3.63, 3.8) is 0 Å². The minimum absolute atomic E-state index is 0.0358. The second kappa shape index (κ2) is 7.09. The van der Waals surface area contributed by atoms with E-state index in [0.29, 0.717) is 6.54 Å². The smallest absolute Gasteiger partial charge is 0.260 e. The molecule has 4 nitrogen and oxygen atoms in total. The van der Waals surface area contributed by atoms with Gasteiger partial charge in [0.1, 0.15) is 5.75 Å². The van der Waals surface area contributed by atoms with Crippen molar-refractivity contribution in [2.45, 2.75) is 25.3 Å². The van der Waals surface area contributed by atoms with Gasteiger partial charge in [-0.25, -0.2) is 0 Å². The molecule has 0 radical (unpaired) electrons. The zero-order valence-electron chi connectivity index (χ0n) is 10.8. The molecule has 1 fully saturated rings. The van der Waals surface area contributed by atoms with Crippen molar-refractivity contribution in [1.82, 2.24) is 4.90 Å². The molecule has 1 atom stereocenters. The maximum atomic E-state index is 12.2. The fraction of sp³-hybridized carbons (Fsp3) is 0.500. The Hall–Kier alpha value is -0.820. The Labute approximate surface area is 127 Å². The molecule has 0 bridgehead atoms. The van der Waals surface area contributed by atoms with E-state index < -0.39 is 0 Å². The first-order valence-electron chi connectivity index (χ1n) is 6.58. The number of benzene rings is 1. The van der Waals surface area contributed by atoms with Crippen LogP contribution in [0.3, 0.4) is 0 Å². The first-order chi connectivity index (χ1) is 9.20. The van der Waals surface area contributed by atoms with Crippen molar-refractivity contribution in [3.05, 3.63) is 27.8 Å². The SMILES string of the molecule is NCC1CCCCN1C(=O)COc1ccc(I)cc1. The summed E-state index contributed by atoms with van der Waals surface area (Å²) in [6.07, 6.45) is 3.22. The molecule has 1 aromatic rings. The van der Waals surface area contributed by atoms with Crippen LogP contribution in [0, 0.1) is 3.57 Å². The number of carbonyl (C=O) groups excluding carboxylic acids is 1. The van der Waals surface area contributed by atoms with E-state index >= 15 is 0 Å². The lowest BCUT2D eigenvalue weighted by Gasteiger charge is -2.34. The Morgan fingerprint density at radius 2 is 2.11 bits per heavy atom. The Morgan fingerprint density at radius 3 is 2.79 bits per heavy atom. The molecule has 0 aliphatic carbocycles. The second-order valence-electron chi connectivity index (χ2n) is 4.72. The summed E-state index contributed by atoms with van der Waals surface area (Å²) in [7, 11) is 0. The van der Waals surface area contributed by atoms with Gasteiger partial charge in [0.25, 0.3) is 5.91 Å². The molecule has 0 saturated carbocycles. The maximum absolute atomic E-state index is 12.2. The van der Waals surface area contributed by atoms with Crippen LogP contribution in [0.1, 0.15) is 19.3 Å². The maximum Gasteiger partial charge on any atom is 0.260 e. The van der Waals surface area contributed by atoms with Crippen LogP contribution in [-0.2, 0) is 4.79 Å². The zero-order chi connectivity index (χ0) is 13.7. The summed E-state index contributed by atoms with van der Waals surface area (Å²) in [6.45, 7) is 1.43. The number of ether oxygens (including phenoxy) is 1. The predicted molar refractivity (Wildman–Crippen MR) is 83.1 cm³/mol.